The van der Waals surface area contributed by atoms with Gasteiger partial charge in [0.1, 0.15) is 11.5 Å². The number of nitrogens with one attached hydrogen (secondary N) is 2. The normalized spacial score (nSPS) is 19.8. The lowest BCUT2D eigenvalue weighted by atomic mass is 10.2. The van der Waals surface area contributed by atoms with Gasteiger partial charge in [-0.05, 0) is 6.92 Å². The fourth-order valence-electron chi connectivity index (χ4n) is 1.81. The van der Waals surface area contributed by atoms with E-state index in [-0.39, 0.29) is 0 Å². The molecule has 14 heavy (non-hydrogen) atoms. The maximum absolute atomic E-state index is 5.11. The molecular formula is C9H16N4O. The van der Waals surface area contributed by atoms with Crippen molar-refractivity contribution in [3.05, 3.63) is 5.69 Å². The van der Waals surface area contributed by atoms with Gasteiger partial charge in [-0.25, -0.2) is 0 Å². The molecule has 0 bridgehead atoms. The Morgan fingerprint density at radius 2 is 2.43 bits per heavy atom. The van der Waals surface area contributed by atoms with Gasteiger partial charge in [-0.3, -0.25) is 4.68 Å². The first-order valence-corrected chi connectivity index (χ1v) is 4.75. The number of rotatable bonds is 2. The molecule has 1 aromatic rings. The average Bonchev–Trinajstić information content (AvgIpc) is 2.43. The summed E-state index contributed by atoms with van der Waals surface area (Å²) in [5.41, 5.74) is 2.14. The molecule has 0 spiro atoms. The van der Waals surface area contributed by atoms with Crippen molar-refractivity contribution in [2.75, 3.05) is 30.9 Å². The second-order valence-corrected chi connectivity index (χ2v) is 3.61. The molecule has 0 radical (unpaired) electrons. The monoisotopic (exact) mass is 196 g/mol. The predicted molar refractivity (Wildman–Crippen MR) is 55.7 cm³/mol. The van der Waals surface area contributed by atoms with E-state index in [4.69, 9.17) is 4.74 Å². The molecule has 1 atom stereocenters. The highest BCUT2D eigenvalue weighted by molar-refractivity contribution is 5.70. The Balaban J connectivity index is 2.21. The van der Waals surface area contributed by atoms with E-state index in [2.05, 4.69) is 15.7 Å². The number of nitrogens with zero attached hydrogens (tertiary/aromatic N) is 2. The van der Waals surface area contributed by atoms with Crippen LogP contribution >= 0.6 is 0 Å². The standard InChI is InChI=1S/C9H16N4O/c1-6-8-9(13(2)12-6)11-7(4-10-8)5-14-3/h7,10-11H,4-5H2,1-3H3. The van der Waals surface area contributed by atoms with Gasteiger partial charge in [0.15, 0.2) is 0 Å². The summed E-state index contributed by atoms with van der Waals surface area (Å²) in [4.78, 5) is 0. The summed E-state index contributed by atoms with van der Waals surface area (Å²) in [7, 11) is 3.65. The number of methoxy groups -OCH3 is 1. The van der Waals surface area contributed by atoms with Crippen LogP contribution in [0.25, 0.3) is 0 Å². The zero-order valence-corrected chi connectivity index (χ0v) is 8.79. The second kappa shape index (κ2) is 3.49. The van der Waals surface area contributed by atoms with Gasteiger partial charge in [-0.2, -0.15) is 5.10 Å². The van der Waals surface area contributed by atoms with Crippen molar-refractivity contribution in [3.8, 4) is 0 Å². The molecule has 1 aromatic heterocycles. The highest BCUT2D eigenvalue weighted by atomic mass is 16.5. The largest absolute Gasteiger partial charge is 0.382 e. The third kappa shape index (κ3) is 1.43. The molecular weight excluding hydrogens is 180 g/mol. The van der Waals surface area contributed by atoms with Crippen LogP contribution < -0.4 is 10.6 Å². The zero-order chi connectivity index (χ0) is 10.1. The summed E-state index contributed by atoms with van der Waals surface area (Å²) >= 11 is 0. The first kappa shape index (κ1) is 9.33. The highest BCUT2D eigenvalue weighted by Gasteiger charge is 2.22. The van der Waals surface area contributed by atoms with E-state index in [1.165, 1.54) is 0 Å². The third-order valence-electron chi connectivity index (χ3n) is 2.46. The van der Waals surface area contributed by atoms with E-state index in [0.29, 0.717) is 12.6 Å². The van der Waals surface area contributed by atoms with Crippen LogP contribution in [0.15, 0.2) is 0 Å². The Morgan fingerprint density at radius 3 is 3.14 bits per heavy atom. The van der Waals surface area contributed by atoms with E-state index >= 15 is 0 Å². The number of hydrogen-bond donors (Lipinski definition) is 2. The topological polar surface area (TPSA) is 51.1 Å². The van der Waals surface area contributed by atoms with Gasteiger partial charge in [0.2, 0.25) is 0 Å². The van der Waals surface area contributed by atoms with Gasteiger partial charge in [0.05, 0.1) is 18.3 Å². The van der Waals surface area contributed by atoms with Crippen molar-refractivity contribution >= 4 is 11.5 Å². The summed E-state index contributed by atoms with van der Waals surface area (Å²) in [5, 5.41) is 11.1. The van der Waals surface area contributed by atoms with Crippen LogP contribution in [0.5, 0.6) is 0 Å². The summed E-state index contributed by atoms with van der Waals surface area (Å²) in [5.74, 6) is 1.05. The Labute approximate surface area is 83.4 Å². The van der Waals surface area contributed by atoms with Crippen LogP contribution in [0, 0.1) is 6.92 Å². The van der Waals surface area contributed by atoms with Gasteiger partial charge in [-0.15, -0.1) is 0 Å². The molecule has 2 heterocycles. The molecule has 0 saturated heterocycles. The van der Waals surface area contributed by atoms with Crippen LogP contribution in [0.4, 0.5) is 11.5 Å². The first-order valence-electron chi connectivity index (χ1n) is 4.75. The van der Waals surface area contributed by atoms with Crippen molar-refractivity contribution in [3.63, 3.8) is 0 Å². The fraction of sp³-hybridized carbons (Fsp3) is 0.667. The van der Waals surface area contributed by atoms with Crippen LogP contribution in [0.1, 0.15) is 5.69 Å². The second-order valence-electron chi connectivity index (χ2n) is 3.61. The number of ether oxygens (including phenoxy) is 1. The molecule has 1 unspecified atom stereocenters. The Hall–Kier alpha value is -1.23. The van der Waals surface area contributed by atoms with E-state index in [1.807, 2.05) is 18.7 Å². The molecule has 0 aromatic carbocycles. The van der Waals surface area contributed by atoms with E-state index in [1.54, 1.807) is 7.11 Å². The van der Waals surface area contributed by atoms with Crippen molar-refractivity contribution in [1.29, 1.82) is 0 Å². The van der Waals surface area contributed by atoms with Gasteiger partial charge < -0.3 is 15.4 Å². The van der Waals surface area contributed by atoms with Crippen LogP contribution in [0.2, 0.25) is 0 Å². The molecule has 5 nitrogen and oxygen atoms in total. The minimum absolute atomic E-state index is 0.322. The molecule has 0 aliphatic carbocycles. The molecule has 1 aliphatic rings. The number of aryl methyl sites for hydroxylation is 2. The molecule has 1 aliphatic heterocycles. The van der Waals surface area contributed by atoms with Crippen molar-refractivity contribution in [2.24, 2.45) is 7.05 Å². The minimum atomic E-state index is 0.322. The van der Waals surface area contributed by atoms with Crippen molar-refractivity contribution in [2.45, 2.75) is 13.0 Å². The fourth-order valence-corrected chi connectivity index (χ4v) is 1.81. The van der Waals surface area contributed by atoms with Crippen molar-refractivity contribution < 1.29 is 4.74 Å². The van der Waals surface area contributed by atoms with E-state index in [0.717, 1.165) is 23.7 Å². The number of anilines is 2. The molecule has 2 N–H and O–H groups in total. The maximum Gasteiger partial charge on any atom is 0.148 e. The molecule has 0 fully saturated rings. The SMILES string of the molecule is COCC1CNc2c(C)nn(C)c2N1. The molecule has 0 amide bonds. The van der Waals surface area contributed by atoms with Gasteiger partial charge in [0, 0.05) is 20.7 Å². The lowest BCUT2D eigenvalue weighted by Crippen LogP contribution is -2.37. The Bertz CT molecular complexity index is 334. The van der Waals surface area contributed by atoms with Crippen molar-refractivity contribution in [1.82, 2.24) is 9.78 Å². The number of hydrogen-bond acceptors (Lipinski definition) is 4. The lowest BCUT2D eigenvalue weighted by molar-refractivity contribution is 0.188. The van der Waals surface area contributed by atoms with Crippen LogP contribution in [0.3, 0.4) is 0 Å². The number of aromatic nitrogens is 2. The molecule has 0 saturated carbocycles. The minimum Gasteiger partial charge on any atom is -0.382 e. The Morgan fingerprint density at radius 1 is 1.64 bits per heavy atom. The molecule has 78 valence electrons. The molecule has 2 rings (SSSR count). The van der Waals surface area contributed by atoms with Gasteiger partial charge in [-0.1, -0.05) is 0 Å². The van der Waals surface area contributed by atoms with Gasteiger partial charge in [0.25, 0.3) is 0 Å². The summed E-state index contributed by atoms with van der Waals surface area (Å²) in [6.07, 6.45) is 0. The highest BCUT2D eigenvalue weighted by Crippen LogP contribution is 2.28. The number of fused-ring (bicyclic) bond motifs is 1. The summed E-state index contributed by atoms with van der Waals surface area (Å²) in [6.45, 7) is 3.59. The van der Waals surface area contributed by atoms with Gasteiger partial charge >= 0.3 is 0 Å². The summed E-state index contributed by atoms with van der Waals surface area (Å²) in [6, 6.07) is 0.322. The van der Waals surface area contributed by atoms with Crippen LogP contribution in [-0.2, 0) is 11.8 Å². The smallest absolute Gasteiger partial charge is 0.148 e. The molecule has 5 heteroatoms. The Kier molecular flexibility index (Phi) is 2.33. The lowest BCUT2D eigenvalue weighted by Gasteiger charge is -2.26. The third-order valence-corrected chi connectivity index (χ3v) is 2.46. The average molecular weight is 196 g/mol. The maximum atomic E-state index is 5.11. The summed E-state index contributed by atoms with van der Waals surface area (Å²) < 4.78 is 6.97. The van der Waals surface area contributed by atoms with Crippen LogP contribution in [-0.4, -0.2) is 36.1 Å². The van der Waals surface area contributed by atoms with E-state index < -0.39 is 0 Å². The zero-order valence-electron chi connectivity index (χ0n) is 8.79. The first-order chi connectivity index (χ1) is 6.72. The predicted octanol–water partition coefficient (Wildman–Crippen LogP) is 0.581. The quantitative estimate of drug-likeness (QED) is 0.726. The van der Waals surface area contributed by atoms with E-state index in [9.17, 15) is 0 Å².